The van der Waals surface area contributed by atoms with Gasteiger partial charge in [-0.15, -0.1) is 0 Å². The smallest absolute Gasteiger partial charge is 0.366 e. The van der Waals surface area contributed by atoms with Gasteiger partial charge in [-0.3, -0.25) is 8.98 Å². The third-order valence-corrected chi connectivity index (χ3v) is 6.89. The molecule has 1 saturated heterocycles. The number of aromatic nitrogens is 1. The number of hydrogen-bond donors (Lipinski definition) is 0. The van der Waals surface area contributed by atoms with Crippen molar-refractivity contribution in [2.75, 3.05) is 47.6 Å². The molecule has 184 valence electrons. The van der Waals surface area contributed by atoms with Gasteiger partial charge in [0.25, 0.3) is 0 Å². The lowest BCUT2D eigenvalue weighted by Gasteiger charge is -2.28. The highest BCUT2D eigenvalue weighted by Crippen LogP contribution is 2.29. The maximum absolute atomic E-state index is 13.1. The highest BCUT2D eigenvalue weighted by atomic mass is 32.2. The minimum absolute atomic E-state index is 0.218. The Kier molecular flexibility index (Phi) is 8.04. The maximum atomic E-state index is 13.1. The van der Waals surface area contributed by atoms with Gasteiger partial charge in [0.1, 0.15) is 11.9 Å². The number of nitrogens with zero attached hydrogens (tertiary/aromatic N) is 2. The van der Waals surface area contributed by atoms with Crippen molar-refractivity contribution in [3.8, 4) is 5.75 Å². The largest absolute Gasteiger partial charge is 0.497 e. The maximum Gasteiger partial charge on any atom is 0.366 e. The Labute approximate surface area is 195 Å². The second-order valence-electron chi connectivity index (χ2n) is 9.21. The van der Waals surface area contributed by atoms with Gasteiger partial charge in [0.05, 0.1) is 37.9 Å². The van der Waals surface area contributed by atoms with Crippen LogP contribution in [0.5, 0.6) is 5.75 Å². The van der Waals surface area contributed by atoms with Crippen LogP contribution in [-0.2, 0) is 35.2 Å². The first-order valence-corrected chi connectivity index (χ1v) is 12.4. The quantitative estimate of drug-likeness (QED) is 0.477. The van der Waals surface area contributed by atoms with Crippen LogP contribution in [0.1, 0.15) is 32.3 Å². The molecule has 0 unspecified atom stereocenters. The van der Waals surface area contributed by atoms with E-state index in [4.69, 9.17) is 18.4 Å². The number of benzene rings is 1. The van der Waals surface area contributed by atoms with Crippen LogP contribution in [0.15, 0.2) is 24.4 Å². The number of carbonyl (C=O) groups is 1. The molecule has 0 spiro atoms. The van der Waals surface area contributed by atoms with E-state index in [-0.39, 0.29) is 12.7 Å². The van der Waals surface area contributed by atoms with Gasteiger partial charge in [0.2, 0.25) is 0 Å². The van der Waals surface area contributed by atoms with Gasteiger partial charge in [0.15, 0.2) is 0 Å². The first-order chi connectivity index (χ1) is 15.5. The summed E-state index contributed by atoms with van der Waals surface area (Å²) in [4.78, 5) is 14.7. The molecular formula is C23H34N2O7S. The van der Waals surface area contributed by atoms with E-state index in [1.165, 1.54) is 0 Å². The number of carbonyl (C=O) groups excluding carboxylic acids is 1. The van der Waals surface area contributed by atoms with Gasteiger partial charge in [-0.05, 0) is 58.1 Å². The molecule has 33 heavy (non-hydrogen) atoms. The summed E-state index contributed by atoms with van der Waals surface area (Å²) in [7, 11) is 1.30. The van der Waals surface area contributed by atoms with E-state index in [1.807, 2.05) is 25.1 Å². The van der Waals surface area contributed by atoms with E-state index in [0.29, 0.717) is 43.7 Å². The molecule has 1 aliphatic rings. The molecule has 0 radical (unpaired) electrons. The monoisotopic (exact) mass is 482 g/mol. The molecule has 3 rings (SSSR count). The summed E-state index contributed by atoms with van der Waals surface area (Å²) in [5, 5.41) is 0.779. The second kappa shape index (κ2) is 10.4. The first-order valence-electron chi connectivity index (χ1n) is 11.0. The topological polar surface area (TPSA) is 96.3 Å². The minimum Gasteiger partial charge on any atom is -0.497 e. The molecule has 1 aromatic carbocycles. The Morgan fingerprint density at radius 2 is 1.94 bits per heavy atom. The highest BCUT2D eigenvalue weighted by molar-refractivity contribution is 7.85. The molecule has 2 aromatic rings. The van der Waals surface area contributed by atoms with Crippen molar-refractivity contribution in [1.29, 1.82) is 0 Å². The van der Waals surface area contributed by atoms with Gasteiger partial charge in [-0.25, -0.2) is 3.97 Å². The molecule has 0 amide bonds. The van der Waals surface area contributed by atoms with Crippen molar-refractivity contribution < 1.29 is 31.6 Å². The lowest BCUT2D eigenvalue weighted by atomic mass is 9.95. The van der Waals surface area contributed by atoms with Crippen LogP contribution in [0.4, 0.5) is 0 Å². The molecule has 1 aliphatic heterocycles. The van der Waals surface area contributed by atoms with Gasteiger partial charge in [-0.2, -0.15) is 8.42 Å². The molecule has 0 atom stereocenters. The highest BCUT2D eigenvalue weighted by Gasteiger charge is 2.35. The van der Waals surface area contributed by atoms with Crippen molar-refractivity contribution in [1.82, 2.24) is 8.87 Å². The van der Waals surface area contributed by atoms with E-state index in [2.05, 4.69) is 0 Å². The number of ether oxygens (including phenoxy) is 3. The molecule has 0 N–H and O–H groups in total. The van der Waals surface area contributed by atoms with Crippen LogP contribution in [0.2, 0.25) is 0 Å². The molecule has 1 aromatic heterocycles. The molecule has 0 aliphatic carbocycles. The second-order valence-corrected chi connectivity index (χ2v) is 10.7. The number of esters is 1. The van der Waals surface area contributed by atoms with Crippen molar-refractivity contribution in [3.05, 3.63) is 30.0 Å². The zero-order valence-corrected chi connectivity index (χ0v) is 20.8. The van der Waals surface area contributed by atoms with E-state index < -0.39 is 21.7 Å². The Bertz CT molecular complexity index is 1070. The van der Waals surface area contributed by atoms with Crippen LogP contribution in [0, 0.1) is 5.41 Å². The van der Waals surface area contributed by atoms with E-state index in [0.717, 1.165) is 21.5 Å². The molecule has 0 bridgehead atoms. The summed E-state index contributed by atoms with van der Waals surface area (Å²) < 4.78 is 48.9. The van der Waals surface area contributed by atoms with Crippen LogP contribution >= 0.6 is 0 Å². The Morgan fingerprint density at radius 1 is 1.24 bits per heavy atom. The Balaban J connectivity index is 1.79. The van der Waals surface area contributed by atoms with Crippen LogP contribution in [-0.4, -0.2) is 76.9 Å². The van der Waals surface area contributed by atoms with Crippen molar-refractivity contribution in [2.45, 2.75) is 39.2 Å². The summed E-state index contributed by atoms with van der Waals surface area (Å²) in [6.07, 6.45) is 3.29. The average molecular weight is 483 g/mol. The summed E-state index contributed by atoms with van der Waals surface area (Å²) in [5.41, 5.74) is 0.223. The van der Waals surface area contributed by atoms with Gasteiger partial charge < -0.3 is 19.1 Å². The van der Waals surface area contributed by atoms with Crippen molar-refractivity contribution in [2.24, 2.45) is 5.41 Å². The number of likely N-dealkylation sites (N-methyl/N-ethyl adjacent to an activating group) is 1. The van der Waals surface area contributed by atoms with Gasteiger partial charge >= 0.3 is 16.3 Å². The third-order valence-electron chi connectivity index (χ3n) is 5.69. The lowest BCUT2D eigenvalue weighted by Crippen LogP contribution is -2.37. The SMILES string of the molecule is COc1ccc2c(c1)c(CCN(C)C)cn2S(=O)(=O)OCC(C)(C)C(=O)OC1CCOCC1. The normalized spacial score (nSPS) is 15.8. The van der Waals surface area contributed by atoms with Crippen molar-refractivity contribution in [3.63, 3.8) is 0 Å². The standard InChI is InChI=1S/C23H34N2O7S/c1-23(2,22(26)32-18-9-12-30-13-10-18)16-31-33(27,28)25-15-17(8-11-24(3)4)20-14-19(29-5)6-7-21(20)25/h6-7,14-15,18H,8-13,16H2,1-5H3. The minimum atomic E-state index is -4.19. The Hall–Kier alpha value is -2.14. The van der Waals surface area contributed by atoms with Crippen LogP contribution in [0.3, 0.4) is 0 Å². The molecule has 2 heterocycles. The summed E-state index contributed by atoms with van der Waals surface area (Å²) >= 11 is 0. The van der Waals surface area contributed by atoms with Crippen LogP contribution < -0.4 is 4.74 Å². The zero-order valence-electron chi connectivity index (χ0n) is 20.0. The van der Waals surface area contributed by atoms with E-state index >= 15 is 0 Å². The van der Waals surface area contributed by atoms with Gasteiger partial charge in [0, 0.05) is 31.0 Å². The van der Waals surface area contributed by atoms with E-state index in [1.54, 1.807) is 39.3 Å². The van der Waals surface area contributed by atoms with Crippen LogP contribution in [0.25, 0.3) is 10.9 Å². The zero-order chi connectivity index (χ0) is 24.2. The van der Waals surface area contributed by atoms with E-state index in [9.17, 15) is 13.2 Å². The summed E-state index contributed by atoms with van der Waals surface area (Å²) in [6.45, 7) is 4.75. The molecular weight excluding hydrogens is 448 g/mol. The molecule has 1 fully saturated rings. The summed E-state index contributed by atoms with van der Waals surface area (Å²) in [6, 6.07) is 5.22. The third kappa shape index (κ3) is 6.26. The number of methoxy groups -OCH3 is 1. The summed E-state index contributed by atoms with van der Waals surface area (Å²) in [5.74, 6) is 0.153. The molecule has 9 nitrogen and oxygen atoms in total. The lowest BCUT2D eigenvalue weighted by molar-refractivity contribution is -0.165. The number of fused-ring (bicyclic) bond motifs is 1. The average Bonchev–Trinajstić information content (AvgIpc) is 3.16. The first kappa shape index (κ1) is 25.5. The fourth-order valence-electron chi connectivity index (χ4n) is 3.54. The molecule has 0 saturated carbocycles. The van der Waals surface area contributed by atoms with Crippen molar-refractivity contribution >= 4 is 27.2 Å². The predicted molar refractivity (Wildman–Crippen MR) is 125 cm³/mol. The number of rotatable bonds is 10. The van der Waals surface area contributed by atoms with Gasteiger partial charge in [-0.1, -0.05) is 0 Å². The fourth-order valence-corrected chi connectivity index (χ4v) is 4.76. The number of hydrogen-bond acceptors (Lipinski definition) is 8. The fraction of sp³-hybridized carbons (Fsp3) is 0.609. The Morgan fingerprint density at radius 3 is 2.58 bits per heavy atom. The molecule has 10 heteroatoms. The predicted octanol–water partition coefficient (Wildman–Crippen LogP) is 2.61.